The van der Waals surface area contributed by atoms with E-state index in [1.54, 1.807) is 11.3 Å². The molecule has 0 aliphatic heterocycles. The van der Waals surface area contributed by atoms with Crippen molar-refractivity contribution in [2.45, 2.75) is 65.3 Å². The van der Waals surface area contributed by atoms with Crippen molar-refractivity contribution in [1.82, 2.24) is 4.98 Å². The van der Waals surface area contributed by atoms with Gasteiger partial charge in [0.05, 0.1) is 11.7 Å². The Balaban J connectivity index is 0.00000320. The molecule has 2 N–H and O–H groups in total. The van der Waals surface area contributed by atoms with Crippen LogP contribution in [0.15, 0.2) is 47.8 Å². The van der Waals surface area contributed by atoms with Crippen LogP contribution in [-0.4, -0.2) is 10.1 Å². The fourth-order valence-electron chi connectivity index (χ4n) is 3.41. The number of nitrogens with one attached hydrogen (secondary N) is 1. The first-order chi connectivity index (χ1) is 13.5. The number of aromatic hydroxyl groups is 1. The summed E-state index contributed by atoms with van der Waals surface area (Å²) >= 11 is 1.61. The number of benzene rings is 2. The van der Waals surface area contributed by atoms with Crippen molar-refractivity contribution in [2.75, 3.05) is 5.32 Å². The number of phenols is 1. The molecule has 0 amide bonds. The number of phenolic OH excluding ortho intramolecular Hbond substituents is 1. The predicted octanol–water partition coefficient (Wildman–Crippen LogP) is 7.86. The minimum atomic E-state index is -0.154. The molecule has 0 aliphatic carbocycles. The summed E-state index contributed by atoms with van der Waals surface area (Å²) in [6, 6.07) is 14.7. The van der Waals surface area contributed by atoms with Crippen LogP contribution in [-0.2, 0) is 10.8 Å². The first kappa shape index (κ1) is 24.4. The second-order valence-corrected chi connectivity index (χ2v) is 10.6. The third-order valence-electron chi connectivity index (χ3n) is 5.17. The number of hydrogen-bond acceptors (Lipinski definition) is 4. The van der Waals surface area contributed by atoms with E-state index >= 15 is 0 Å². The number of hydrogen-bond donors (Lipinski definition) is 2. The highest BCUT2D eigenvalue weighted by Gasteiger charge is 2.27. The fraction of sp³-hybridized carbons (Fsp3) is 0.400. The summed E-state index contributed by atoms with van der Waals surface area (Å²) in [5.74, 6) is 0.403. The third-order valence-corrected chi connectivity index (χ3v) is 5.94. The fourth-order valence-corrected chi connectivity index (χ4v) is 4.22. The lowest BCUT2D eigenvalue weighted by atomic mass is 9.78. The Kier molecular flexibility index (Phi) is 7.41. The van der Waals surface area contributed by atoms with E-state index in [0.29, 0.717) is 5.75 Å². The Morgan fingerprint density at radius 1 is 0.933 bits per heavy atom. The van der Waals surface area contributed by atoms with Gasteiger partial charge >= 0.3 is 0 Å². The van der Waals surface area contributed by atoms with Gasteiger partial charge in [0.15, 0.2) is 5.13 Å². The number of anilines is 1. The minimum absolute atomic E-state index is 0. The summed E-state index contributed by atoms with van der Waals surface area (Å²) in [5, 5.41) is 17.4. The van der Waals surface area contributed by atoms with Gasteiger partial charge in [0.1, 0.15) is 5.75 Å². The lowest BCUT2D eigenvalue weighted by Gasteiger charge is -2.28. The molecular formula is C25H33BrN2OS. The normalized spacial score (nSPS) is 12.9. The van der Waals surface area contributed by atoms with E-state index in [1.807, 2.05) is 6.07 Å². The average Bonchev–Trinajstić information content (AvgIpc) is 3.09. The second kappa shape index (κ2) is 9.11. The molecule has 3 nitrogen and oxygen atoms in total. The SMILES string of the molecule is Br.CC(Nc1nc(-c2cc(C(C)(C)C)c(O)c(C(C)(C)C)c2)cs1)c1ccccc1. The molecule has 5 heteroatoms. The first-order valence-electron chi connectivity index (χ1n) is 10.1. The lowest BCUT2D eigenvalue weighted by Crippen LogP contribution is -2.17. The molecule has 3 rings (SSSR count). The zero-order valence-electron chi connectivity index (χ0n) is 18.9. The first-order valence-corrected chi connectivity index (χ1v) is 11.0. The molecule has 0 spiro atoms. The molecule has 2 aromatic carbocycles. The van der Waals surface area contributed by atoms with Crippen LogP contribution in [0.4, 0.5) is 5.13 Å². The number of rotatable bonds is 4. The largest absolute Gasteiger partial charge is 0.507 e. The van der Waals surface area contributed by atoms with Crippen LogP contribution >= 0.6 is 28.3 Å². The van der Waals surface area contributed by atoms with Gasteiger partial charge in [0.2, 0.25) is 0 Å². The zero-order chi connectivity index (χ0) is 21.4. The molecule has 0 aliphatic rings. The molecule has 0 saturated heterocycles. The second-order valence-electron chi connectivity index (χ2n) is 9.73. The van der Waals surface area contributed by atoms with Crippen LogP contribution in [0.2, 0.25) is 0 Å². The molecule has 30 heavy (non-hydrogen) atoms. The Morgan fingerprint density at radius 3 is 1.97 bits per heavy atom. The molecule has 3 aromatic rings. The summed E-state index contributed by atoms with van der Waals surface area (Å²) in [4.78, 5) is 4.85. The van der Waals surface area contributed by atoms with Gasteiger partial charge in [-0.25, -0.2) is 4.98 Å². The summed E-state index contributed by atoms with van der Waals surface area (Å²) in [5.41, 5.74) is 4.83. The van der Waals surface area contributed by atoms with Crippen molar-refractivity contribution >= 4 is 33.4 Å². The molecule has 1 aromatic heterocycles. The van der Waals surface area contributed by atoms with Gasteiger partial charge in [0, 0.05) is 22.1 Å². The highest BCUT2D eigenvalue weighted by atomic mass is 79.9. The summed E-state index contributed by atoms with van der Waals surface area (Å²) in [7, 11) is 0. The minimum Gasteiger partial charge on any atom is -0.507 e. The van der Waals surface area contributed by atoms with Gasteiger partial charge in [-0.15, -0.1) is 28.3 Å². The molecular weight excluding hydrogens is 456 g/mol. The lowest BCUT2D eigenvalue weighted by molar-refractivity contribution is 0.423. The molecule has 0 saturated carbocycles. The number of nitrogens with zero attached hydrogens (tertiary/aromatic N) is 1. The highest BCUT2D eigenvalue weighted by Crippen LogP contribution is 2.42. The van der Waals surface area contributed by atoms with Crippen LogP contribution in [0.25, 0.3) is 11.3 Å². The molecule has 162 valence electrons. The van der Waals surface area contributed by atoms with Crippen molar-refractivity contribution in [3.63, 3.8) is 0 Å². The smallest absolute Gasteiger partial charge is 0.183 e. The van der Waals surface area contributed by atoms with Crippen LogP contribution in [0.1, 0.15) is 71.2 Å². The van der Waals surface area contributed by atoms with Gasteiger partial charge < -0.3 is 10.4 Å². The monoisotopic (exact) mass is 488 g/mol. The Labute approximate surface area is 195 Å². The van der Waals surface area contributed by atoms with E-state index in [0.717, 1.165) is 27.5 Å². The molecule has 1 heterocycles. The number of aromatic nitrogens is 1. The predicted molar refractivity (Wildman–Crippen MR) is 135 cm³/mol. The van der Waals surface area contributed by atoms with Gasteiger partial charge in [0.25, 0.3) is 0 Å². The maximum atomic E-state index is 11.0. The van der Waals surface area contributed by atoms with Crippen molar-refractivity contribution in [3.05, 3.63) is 64.5 Å². The Morgan fingerprint density at radius 2 is 1.47 bits per heavy atom. The quantitative estimate of drug-likeness (QED) is 0.392. The molecule has 0 radical (unpaired) electrons. The zero-order valence-corrected chi connectivity index (χ0v) is 21.4. The van der Waals surface area contributed by atoms with E-state index in [9.17, 15) is 5.11 Å². The number of halogens is 1. The summed E-state index contributed by atoms with van der Waals surface area (Å²) in [6.07, 6.45) is 0. The van der Waals surface area contributed by atoms with Crippen LogP contribution in [0, 0.1) is 0 Å². The van der Waals surface area contributed by atoms with E-state index in [-0.39, 0.29) is 33.9 Å². The topological polar surface area (TPSA) is 45.2 Å². The van der Waals surface area contributed by atoms with Gasteiger partial charge in [-0.2, -0.15) is 0 Å². The molecule has 1 atom stereocenters. The van der Waals surface area contributed by atoms with Crippen LogP contribution < -0.4 is 5.32 Å². The Bertz CT molecular complexity index is 949. The maximum Gasteiger partial charge on any atom is 0.183 e. The van der Waals surface area contributed by atoms with Crippen molar-refractivity contribution in [2.24, 2.45) is 0 Å². The maximum absolute atomic E-state index is 11.0. The van der Waals surface area contributed by atoms with E-state index < -0.39 is 0 Å². The third kappa shape index (κ3) is 5.44. The summed E-state index contributed by atoms with van der Waals surface area (Å²) in [6.45, 7) is 14.9. The van der Waals surface area contributed by atoms with Gasteiger partial charge in [-0.05, 0) is 35.4 Å². The average molecular weight is 490 g/mol. The Hall–Kier alpha value is -1.85. The molecule has 0 fully saturated rings. The molecule has 0 bridgehead atoms. The van der Waals surface area contributed by atoms with Crippen molar-refractivity contribution in [3.8, 4) is 17.0 Å². The van der Waals surface area contributed by atoms with Gasteiger partial charge in [-0.3, -0.25) is 0 Å². The van der Waals surface area contributed by atoms with Crippen LogP contribution in [0.5, 0.6) is 5.75 Å². The number of thiazole rings is 1. The highest BCUT2D eigenvalue weighted by molar-refractivity contribution is 8.93. The van der Waals surface area contributed by atoms with Crippen LogP contribution in [0.3, 0.4) is 0 Å². The van der Waals surface area contributed by atoms with E-state index in [2.05, 4.69) is 95.6 Å². The summed E-state index contributed by atoms with van der Waals surface area (Å²) < 4.78 is 0. The van der Waals surface area contributed by atoms with Crippen molar-refractivity contribution in [1.29, 1.82) is 0 Å². The van der Waals surface area contributed by atoms with E-state index in [4.69, 9.17) is 4.98 Å². The standard InChI is InChI=1S/C25H32N2OS.BrH/c1-16(17-11-9-8-10-12-17)26-23-27-21(15-29-23)18-13-19(24(2,3)4)22(28)20(14-18)25(5,6)7;/h8-16,28H,1-7H3,(H,26,27);1H. The van der Waals surface area contributed by atoms with Crippen molar-refractivity contribution < 1.29 is 5.11 Å². The van der Waals surface area contributed by atoms with E-state index in [1.165, 1.54) is 5.56 Å². The van der Waals surface area contributed by atoms with Gasteiger partial charge in [-0.1, -0.05) is 71.9 Å². The molecule has 1 unspecified atom stereocenters.